The van der Waals surface area contributed by atoms with E-state index >= 15 is 0 Å². The highest BCUT2D eigenvalue weighted by molar-refractivity contribution is 7.99. The van der Waals surface area contributed by atoms with E-state index in [1.165, 1.54) is 11.8 Å². The van der Waals surface area contributed by atoms with Crippen LogP contribution in [-0.4, -0.2) is 65.1 Å². The molecule has 2 aliphatic heterocycles. The Morgan fingerprint density at radius 2 is 1.72 bits per heavy atom. The third kappa shape index (κ3) is 4.53. The van der Waals surface area contributed by atoms with Gasteiger partial charge in [0.25, 0.3) is 0 Å². The third-order valence-corrected chi connectivity index (χ3v) is 6.86. The minimum atomic E-state index is -1.36. The summed E-state index contributed by atoms with van der Waals surface area (Å²) < 4.78 is 23.2. The normalized spacial score (nSPS) is 27.2. The molecule has 9 heteroatoms. The first-order valence-electron chi connectivity index (χ1n) is 10.5. The molecule has 174 valence electrons. The number of aliphatic hydroxyl groups is 3. The lowest BCUT2D eigenvalue weighted by atomic mass is 9.91. The monoisotopic (exact) mass is 482 g/mol. The molecule has 2 aromatic carbocycles. The molecule has 32 heavy (non-hydrogen) atoms. The van der Waals surface area contributed by atoms with Crippen LogP contribution in [0.4, 0.5) is 0 Å². The Bertz CT molecular complexity index is 937. The molecule has 0 aliphatic carbocycles. The van der Waals surface area contributed by atoms with E-state index in [-0.39, 0.29) is 0 Å². The SMILES string of the molecule is CCOc1ccc(Cc2cc(C3OC(SC)C(O)C(O)C3O)c3c(c2Cl)OCCO3)cc1. The summed E-state index contributed by atoms with van der Waals surface area (Å²) >= 11 is 7.94. The summed E-state index contributed by atoms with van der Waals surface area (Å²) in [6.45, 7) is 3.21. The van der Waals surface area contributed by atoms with Gasteiger partial charge in [-0.05, 0) is 48.9 Å². The molecule has 2 aromatic rings. The van der Waals surface area contributed by atoms with E-state index < -0.39 is 29.9 Å². The predicted octanol–water partition coefficient (Wildman–Crippen LogP) is 2.94. The molecule has 0 saturated carbocycles. The average molecular weight is 483 g/mol. The van der Waals surface area contributed by atoms with Crippen LogP contribution in [0.1, 0.15) is 29.7 Å². The molecule has 0 radical (unpaired) electrons. The summed E-state index contributed by atoms with van der Waals surface area (Å²) in [5, 5.41) is 31.8. The zero-order valence-corrected chi connectivity index (χ0v) is 19.4. The van der Waals surface area contributed by atoms with Gasteiger partial charge in [-0.2, -0.15) is 0 Å². The highest BCUT2D eigenvalue weighted by Gasteiger charge is 2.45. The van der Waals surface area contributed by atoms with Crippen molar-refractivity contribution >= 4 is 23.4 Å². The molecular weight excluding hydrogens is 456 g/mol. The zero-order valence-electron chi connectivity index (χ0n) is 17.9. The first-order chi connectivity index (χ1) is 15.4. The van der Waals surface area contributed by atoms with Gasteiger partial charge in [0, 0.05) is 5.56 Å². The molecule has 1 fully saturated rings. The van der Waals surface area contributed by atoms with Crippen LogP contribution in [0.5, 0.6) is 17.2 Å². The molecule has 0 aromatic heterocycles. The largest absolute Gasteiger partial charge is 0.494 e. The molecule has 3 N–H and O–H groups in total. The summed E-state index contributed by atoms with van der Waals surface area (Å²) in [5.41, 5.74) is 1.61. The van der Waals surface area contributed by atoms with Crippen molar-refractivity contribution in [3.05, 3.63) is 52.0 Å². The topological polar surface area (TPSA) is 97.6 Å². The Balaban J connectivity index is 1.72. The van der Waals surface area contributed by atoms with Crippen molar-refractivity contribution in [3.8, 4) is 17.2 Å². The lowest BCUT2D eigenvalue weighted by Gasteiger charge is -2.41. The molecule has 0 amide bonds. The van der Waals surface area contributed by atoms with E-state index in [0.717, 1.165) is 16.9 Å². The van der Waals surface area contributed by atoms with Crippen LogP contribution in [0.3, 0.4) is 0 Å². The number of aliphatic hydroxyl groups excluding tert-OH is 3. The van der Waals surface area contributed by atoms with Crippen molar-refractivity contribution in [2.24, 2.45) is 0 Å². The van der Waals surface area contributed by atoms with Crippen molar-refractivity contribution in [1.82, 2.24) is 0 Å². The highest BCUT2D eigenvalue weighted by Crippen LogP contribution is 2.48. The Morgan fingerprint density at radius 1 is 1.03 bits per heavy atom. The maximum Gasteiger partial charge on any atom is 0.180 e. The number of hydrogen-bond donors (Lipinski definition) is 3. The van der Waals surface area contributed by atoms with Crippen LogP contribution >= 0.6 is 23.4 Å². The lowest BCUT2D eigenvalue weighted by molar-refractivity contribution is -0.200. The average Bonchev–Trinajstić information content (AvgIpc) is 2.81. The zero-order chi connectivity index (χ0) is 22.8. The fourth-order valence-electron chi connectivity index (χ4n) is 3.99. The molecule has 2 heterocycles. The van der Waals surface area contributed by atoms with Gasteiger partial charge in [0.2, 0.25) is 0 Å². The summed E-state index contributed by atoms with van der Waals surface area (Å²) in [6, 6.07) is 9.56. The van der Waals surface area contributed by atoms with Crippen molar-refractivity contribution in [3.63, 3.8) is 0 Å². The maximum absolute atomic E-state index is 10.7. The molecule has 5 atom stereocenters. The van der Waals surface area contributed by atoms with E-state index in [4.69, 9.17) is 30.5 Å². The number of thioether (sulfide) groups is 1. The van der Waals surface area contributed by atoms with E-state index in [1.807, 2.05) is 37.3 Å². The van der Waals surface area contributed by atoms with Crippen LogP contribution in [0.2, 0.25) is 5.02 Å². The van der Waals surface area contributed by atoms with Gasteiger partial charge in [-0.15, -0.1) is 11.8 Å². The second-order valence-electron chi connectivity index (χ2n) is 7.68. The van der Waals surface area contributed by atoms with Crippen molar-refractivity contribution < 1.29 is 34.3 Å². The Hall–Kier alpha value is -1.68. The first-order valence-corrected chi connectivity index (χ1v) is 12.2. The minimum Gasteiger partial charge on any atom is -0.494 e. The number of halogens is 1. The van der Waals surface area contributed by atoms with Crippen LogP contribution in [0.15, 0.2) is 30.3 Å². The summed E-state index contributed by atoms with van der Waals surface area (Å²) in [7, 11) is 0. The highest BCUT2D eigenvalue weighted by atomic mass is 35.5. The Kier molecular flexibility index (Phi) is 7.39. The molecule has 0 bridgehead atoms. The molecule has 0 spiro atoms. The van der Waals surface area contributed by atoms with Gasteiger partial charge >= 0.3 is 0 Å². The summed E-state index contributed by atoms with van der Waals surface area (Å²) in [5.74, 6) is 1.58. The fourth-order valence-corrected chi connectivity index (χ4v) is 4.92. The van der Waals surface area contributed by atoms with Gasteiger partial charge in [0.1, 0.15) is 48.8 Å². The Labute approximate surface area is 196 Å². The number of benzene rings is 2. The molecule has 5 unspecified atom stereocenters. The van der Waals surface area contributed by atoms with Gasteiger partial charge in [0.15, 0.2) is 11.5 Å². The third-order valence-electron chi connectivity index (χ3n) is 5.59. The number of fused-ring (bicyclic) bond motifs is 1. The molecule has 4 rings (SSSR count). The van der Waals surface area contributed by atoms with E-state index in [9.17, 15) is 15.3 Å². The van der Waals surface area contributed by atoms with Crippen molar-refractivity contribution in [2.45, 2.75) is 43.2 Å². The number of rotatable bonds is 6. The van der Waals surface area contributed by atoms with Crippen LogP contribution in [0.25, 0.3) is 0 Å². The molecule has 7 nitrogen and oxygen atoms in total. The quantitative estimate of drug-likeness (QED) is 0.578. The van der Waals surface area contributed by atoms with Gasteiger partial charge in [-0.25, -0.2) is 0 Å². The first kappa shape index (κ1) is 23.5. The fraction of sp³-hybridized carbons (Fsp3) is 0.478. The van der Waals surface area contributed by atoms with Gasteiger partial charge in [-0.1, -0.05) is 23.7 Å². The lowest BCUT2D eigenvalue weighted by Crippen LogP contribution is -2.53. The standard InChI is InChI=1S/C23H27ClO7S/c1-3-28-14-6-4-12(5-7-14)10-13-11-15(21-22(16(13)24)30-9-8-29-21)20-18(26)17(25)19(27)23(31-20)32-2/h4-7,11,17-20,23,25-27H,3,8-10H2,1-2H3. The van der Waals surface area contributed by atoms with E-state index in [1.54, 1.807) is 6.26 Å². The summed E-state index contributed by atoms with van der Waals surface area (Å²) in [4.78, 5) is 0. The van der Waals surface area contributed by atoms with Gasteiger partial charge in [0.05, 0.1) is 11.6 Å². The van der Waals surface area contributed by atoms with Crippen molar-refractivity contribution in [2.75, 3.05) is 26.1 Å². The van der Waals surface area contributed by atoms with Crippen LogP contribution < -0.4 is 14.2 Å². The second kappa shape index (κ2) is 10.1. The number of hydrogen-bond acceptors (Lipinski definition) is 8. The van der Waals surface area contributed by atoms with E-state index in [0.29, 0.717) is 48.3 Å². The minimum absolute atomic E-state index is 0.328. The van der Waals surface area contributed by atoms with Crippen LogP contribution in [-0.2, 0) is 11.2 Å². The van der Waals surface area contributed by atoms with Crippen LogP contribution in [0, 0.1) is 0 Å². The summed E-state index contributed by atoms with van der Waals surface area (Å²) in [6.07, 6.45) is -2.56. The van der Waals surface area contributed by atoms with E-state index in [2.05, 4.69) is 0 Å². The van der Waals surface area contributed by atoms with Gasteiger partial charge in [-0.3, -0.25) is 0 Å². The van der Waals surface area contributed by atoms with Gasteiger partial charge < -0.3 is 34.3 Å². The maximum atomic E-state index is 10.7. The smallest absolute Gasteiger partial charge is 0.180 e. The predicted molar refractivity (Wildman–Crippen MR) is 122 cm³/mol. The second-order valence-corrected chi connectivity index (χ2v) is 8.99. The number of ether oxygens (including phenoxy) is 4. The Morgan fingerprint density at radius 3 is 2.38 bits per heavy atom. The molecule has 1 saturated heterocycles. The molecule has 2 aliphatic rings. The van der Waals surface area contributed by atoms with Crippen molar-refractivity contribution in [1.29, 1.82) is 0 Å². The molecular formula is C23H27ClO7S.